The minimum atomic E-state index is -0.117. The van der Waals surface area contributed by atoms with Gasteiger partial charge in [-0.25, -0.2) is 9.98 Å². The van der Waals surface area contributed by atoms with Crippen LogP contribution in [0.4, 0.5) is 5.69 Å². The number of hydrogen-bond donors (Lipinski definition) is 3. The van der Waals surface area contributed by atoms with E-state index in [1.807, 2.05) is 56.3 Å². The van der Waals surface area contributed by atoms with Gasteiger partial charge >= 0.3 is 0 Å². The van der Waals surface area contributed by atoms with Gasteiger partial charge in [0.05, 0.1) is 13.1 Å². The number of ether oxygens (including phenoxy) is 1. The monoisotopic (exact) mass is 563 g/mol. The van der Waals surface area contributed by atoms with Crippen molar-refractivity contribution in [2.75, 3.05) is 25.0 Å². The highest BCUT2D eigenvalue weighted by atomic mass is 127. The highest BCUT2D eigenvalue weighted by molar-refractivity contribution is 14.0. The number of nitrogens with one attached hydrogen (secondary N) is 3. The lowest BCUT2D eigenvalue weighted by molar-refractivity contribution is -0.114. The van der Waals surface area contributed by atoms with Gasteiger partial charge in [0.25, 0.3) is 0 Å². The van der Waals surface area contributed by atoms with Crippen molar-refractivity contribution in [2.24, 2.45) is 4.99 Å². The van der Waals surface area contributed by atoms with Crippen LogP contribution < -0.4 is 20.7 Å². The van der Waals surface area contributed by atoms with Crippen molar-refractivity contribution in [3.63, 3.8) is 0 Å². The fourth-order valence-electron chi connectivity index (χ4n) is 2.92. The molecule has 1 heterocycles. The van der Waals surface area contributed by atoms with Crippen LogP contribution in [0.1, 0.15) is 25.1 Å². The van der Waals surface area contributed by atoms with E-state index < -0.39 is 0 Å². The van der Waals surface area contributed by atoms with Crippen LogP contribution >= 0.6 is 24.0 Å². The van der Waals surface area contributed by atoms with Gasteiger partial charge in [-0.05, 0) is 38.1 Å². The lowest BCUT2D eigenvalue weighted by Crippen LogP contribution is -2.39. The van der Waals surface area contributed by atoms with Crippen LogP contribution in [-0.4, -0.2) is 36.5 Å². The Kier molecular flexibility index (Phi) is 10.7. The van der Waals surface area contributed by atoms with Crippen molar-refractivity contribution in [3.05, 3.63) is 66.1 Å². The minimum absolute atomic E-state index is 0. The number of aryl methyl sites for hydroxylation is 1. The standard InChI is InChI=1S/C24H29N5O3.HI/c1-4-25-24(26-12-13-31-22-7-5-6-20(14-22)28-18(3)30)27-15-21-16-32-23(29-21)19-10-8-17(2)9-11-19;/h5-11,14,16H,4,12-13,15H2,1-3H3,(H,28,30)(H2,25,26,27);1H. The van der Waals surface area contributed by atoms with Crippen LogP contribution in [0.25, 0.3) is 11.5 Å². The van der Waals surface area contributed by atoms with Crippen molar-refractivity contribution < 1.29 is 13.9 Å². The molecule has 0 saturated heterocycles. The average molecular weight is 563 g/mol. The molecule has 0 spiro atoms. The Morgan fingerprint density at radius 3 is 2.67 bits per heavy atom. The summed E-state index contributed by atoms with van der Waals surface area (Å²) < 4.78 is 11.4. The summed E-state index contributed by atoms with van der Waals surface area (Å²) in [6, 6.07) is 15.3. The summed E-state index contributed by atoms with van der Waals surface area (Å²) >= 11 is 0. The molecule has 176 valence electrons. The number of benzene rings is 2. The summed E-state index contributed by atoms with van der Waals surface area (Å²) in [5.74, 6) is 1.82. The van der Waals surface area contributed by atoms with E-state index in [2.05, 4.69) is 25.9 Å². The maximum Gasteiger partial charge on any atom is 0.226 e. The first-order chi connectivity index (χ1) is 15.5. The van der Waals surface area contributed by atoms with E-state index in [-0.39, 0.29) is 29.9 Å². The smallest absolute Gasteiger partial charge is 0.226 e. The second-order valence-electron chi connectivity index (χ2n) is 7.19. The van der Waals surface area contributed by atoms with Crippen molar-refractivity contribution in [3.8, 4) is 17.2 Å². The van der Waals surface area contributed by atoms with Crippen LogP contribution in [0.15, 0.2) is 64.2 Å². The van der Waals surface area contributed by atoms with Gasteiger partial charge in [0.15, 0.2) is 5.96 Å². The number of oxazole rings is 1. The zero-order valence-corrected chi connectivity index (χ0v) is 21.4. The second-order valence-corrected chi connectivity index (χ2v) is 7.19. The molecule has 0 aliphatic rings. The van der Waals surface area contributed by atoms with E-state index in [0.29, 0.717) is 43.0 Å². The van der Waals surface area contributed by atoms with Crippen LogP contribution in [0.2, 0.25) is 0 Å². The van der Waals surface area contributed by atoms with E-state index in [0.717, 1.165) is 17.8 Å². The molecular formula is C24H30IN5O3. The quantitative estimate of drug-likeness (QED) is 0.155. The van der Waals surface area contributed by atoms with Crippen LogP contribution in [0, 0.1) is 6.92 Å². The SMILES string of the molecule is CCNC(=NCc1coc(-c2ccc(C)cc2)n1)NCCOc1cccc(NC(C)=O)c1.I. The number of nitrogens with zero attached hydrogens (tertiary/aromatic N) is 2. The number of aliphatic imine (C=N–C) groups is 1. The fraction of sp³-hybridized carbons (Fsp3) is 0.292. The molecule has 0 aliphatic heterocycles. The number of aromatic nitrogens is 1. The molecule has 0 atom stereocenters. The molecule has 0 saturated carbocycles. The summed E-state index contributed by atoms with van der Waals surface area (Å²) in [5, 5.41) is 9.18. The molecule has 0 radical (unpaired) electrons. The van der Waals surface area contributed by atoms with Gasteiger partial charge < -0.3 is 25.1 Å². The van der Waals surface area contributed by atoms with E-state index >= 15 is 0 Å². The number of anilines is 1. The Labute approximate surface area is 211 Å². The third-order valence-corrected chi connectivity index (χ3v) is 4.41. The summed E-state index contributed by atoms with van der Waals surface area (Å²) in [5.41, 5.74) is 3.59. The molecule has 8 nitrogen and oxygen atoms in total. The first-order valence-electron chi connectivity index (χ1n) is 10.6. The van der Waals surface area contributed by atoms with Gasteiger partial charge in [0, 0.05) is 30.8 Å². The van der Waals surface area contributed by atoms with Gasteiger partial charge in [-0.1, -0.05) is 23.8 Å². The lowest BCUT2D eigenvalue weighted by Gasteiger charge is -2.12. The van der Waals surface area contributed by atoms with E-state index in [4.69, 9.17) is 9.15 Å². The predicted molar refractivity (Wildman–Crippen MR) is 141 cm³/mol. The zero-order valence-electron chi connectivity index (χ0n) is 19.1. The summed E-state index contributed by atoms with van der Waals surface area (Å²) in [6.07, 6.45) is 1.63. The second kappa shape index (κ2) is 13.5. The Hall–Kier alpha value is -3.08. The fourth-order valence-corrected chi connectivity index (χ4v) is 2.92. The maximum atomic E-state index is 11.2. The predicted octanol–water partition coefficient (Wildman–Crippen LogP) is 4.36. The highest BCUT2D eigenvalue weighted by Gasteiger charge is 2.07. The van der Waals surface area contributed by atoms with Gasteiger partial charge in [-0.15, -0.1) is 24.0 Å². The maximum absolute atomic E-state index is 11.2. The third kappa shape index (κ3) is 8.76. The van der Waals surface area contributed by atoms with E-state index in [1.54, 1.807) is 12.3 Å². The summed E-state index contributed by atoms with van der Waals surface area (Å²) in [7, 11) is 0. The molecule has 0 fully saturated rings. The molecular weight excluding hydrogens is 533 g/mol. The van der Waals surface area contributed by atoms with Crippen LogP contribution in [0.5, 0.6) is 5.75 Å². The number of rotatable bonds is 9. The average Bonchev–Trinajstić information content (AvgIpc) is 3.24. The van der Waals surface area contributed by atoms with Gasteiger partial charge in [-0.2, -0.15) is 0 Å². The Bertz CT molecular complexity index is 1050. The van der Waals surface area contributed by atoms with Gasteiger partial charge in [-0.3, -0.25) is 4.79 Å². The Balaban J connectivity index is 0.00000385. The number of amides is 1. The normalized spacial score (nSPS) is 10.8. The molecule has 3 aromatic rings. The molecule has 0 aliphatic carbocycles. The van der Waals surface area contributed by atoms with Crippen molar-refractivity contribution in [2.45, 2.75) is 27.3 Å². The number of halogens is 1. The molecule has 1 aromatic heterocycles. The summed E-state index contributed by atoms with van der Waals surface area (Å²) in [6.45, 7) is 7.65. The molecule has 3 N–H and O–H groups in total. The van der Waals surface area contributed by atoms with Crippen molar-refractivity contribution in [1.82, 2.24) is 15.6 Å². The van der Waals surface area contributed by atoms with E-state index in [9.17, 15) is 4.79 Å². The Morgan fingerprint density at radius 1 is 1.15 bits per heavy atom. The first kappa shape index (κ1) is 26.2. The Morgan fingerprint density at radius 2 is 1.94 bits per heavy atom. The topological polar surface area (TPSA) is 101 Å². The number of carbonyl (C=O) groups is 1. The molecule has 0 bridgehead atoms. The molecule has 3 rings (SSSR count). The highest BCUT2D eigenvalue weighted by Crippen LogP contribution is 2.19. The van der Waals surface area contributed by atoms with Crippen LogP contribution in [0.3, 0.4) is 0 Å². The van der Waals surface area contributed by atoms with Gasteiger partial charge in [0.2, 0.25) is 11.8 Å². The van der Waals surface area contributed by atoms with Gasteiger partial charge in [0.1, 0.15) is 24.3 Å². The zero-order chi connectivity index (χ0) is 22.8. The van der Waals surface area contributed by atoms with Crippen LogP contribution in [-0.2, 0) is 11.3 Å². The number of hydrogen-bond acceptors (Lipinski definition) is 5. The first-order valence-corrected chi connectivity index (χ1v) is 10.6. The molecule has 2 aromatic carbocycles. The molecule has 33 heavy (non-hydrogen) atoms. The van der Waals surface area contributed by atoms with Crippen molar-refractivity contribution in [1.29, 1.82) is 0 Å². The molecule has 9 heteroatoms. The minimum Gasteiger partial charge on any atom is -0.492 e. The number of guanidine groups is 1. The number of carbonyl (C=O) groups excluding carboxylic acids is 1. The third-order valence-electron chi connectivity index (χ3n) is 4.41. The summed E-state index contributed by atoms with van der Waals surface area (Å²) in [4.78, 5) is 20.3. The van der Waals surface area contributed by atoms with Crippen molar-refractivity contribution >= 4 is 41.5 Å². The molecule has 1 amide bonds. The van der Waals surface area contributed by atoms with E-state index in [1.165, 1.54) is 12.5 Å². The largest absolute Gasteiger partial charge is 0.492 e. The molecule has 0 unspecified atom stereocenters. The lowest BCUT2D eigenvalue weighted by atomic mass is 10.1.